The Morgan fingerprint density at radius 3 is 2.55 bits per heavy atom. The molecule has 0 saturated carbocycles. The molecule has 2 heterocycles. The Labute approximate surface area is 138 Å². The maximum absolute atomic E-state index is 4.57. The summed E-state index contributed by atoms with van der Waals surface area (Å²) in [6.45, 7) is 9.62. The van der Waals surface area contributed by atoms with E-state index in [1.165, 1.54) is 42.2 Å². The molecule has 5 nitrogen and oxygen atoms in total. The van der Waals surface area contributed by atoms with Crippen LogP contribution in [-0.4, -0.2) is 55.6 Å². The van der Waals surface area contributed by atoms with Gasteiger partial charge in [0.25, 0.3) is 0 Å². The molecule has 1 aliphatic rings. The van der Waals surface area contributed by atoms with Crippen LogP contribution >= 0.6 is 11.3 Å². The molecule has 0 aromatic carbocycles. The van der Waals surface area contributed by atoms with Crippen LogP contribution in [0.1, 0.15) is 34.8 Å². The van der Waals surface area contributed by atoms with Crippen LogP contribution in [0.15, 0.2) is 4.99 Å². The minimum atomic E-state index is 0.871. The van der Waals surface area contributed by atoms with E-state index in [0.29, 0.717) is 0 Å². The van der Waals surface area contributed by atoms with Crippen molar-refractivity contribution in [2.45, 2.75) is 39.5 Å². The van der Waals surface area contributed by atoms with Crippen LogP contribution < -0.4 is 10.6 Å². The van der Waals surface area contributed by atoms with Gasteiger partial charge in [-0.2, -0.15) is 0 Å². The Hall–Kier alpha value is -1.14. The molecule has 1 fully saturated rings. The minimum Gasteiger partial charge on any atom is -0.356 e. The molecule has 6 heteroatoms. The van der Waals surface area contributed by atoms with E-state index in [9.17, 15) is 0 Å². The van der Waals surface area contributed by atoms with E-state index in [4.69, 9.17) is 0 Å². The molecule has 22 heavy (non-hydrogen) atoms. The molecule has 0 spiro atoms. The van der Waals surface area contributed by atoms with Crippen molar-refractivity contribution in [3.05, 3.63) is 15.6 Å². The van der Waals surface area contributed by atoms with E-state index >= 15 is 0 Å². The smallest absolute Gasteiger partial charge is 0.191 e. The van der Waals surface area contributed by atoms with Gasteiger partial charge in [0.2, 0.25) is 0 Å². The maximum Gasteiger partial charge on any atom is 0.191 e. The predicted octanol–water partition coefficient (Wildman–Crippen LogP) is 1.95. The normalized spacial score (nSPS) is 16.8. The maximum atomic E-state index is 4.57. The van der Waals surface area contributed by atoms with E-state index in [1.54, 1.807) is 11.3 Å². The van der Waals surface area contributed by atoms with Gasteiger partial charge in [0.15, 0.2) is 5.96 Å². The highest BCUT2D eigenvalue weighted by molar-refractivity contribution is 7.11. The van der Waals surface area contributed by atoms with Crippen LogP contribution in [0, 0.1) is 13.8 Å². The first-order valence-electron chi connectivity index (χ1n) is 8.29. The van der Waals surface area contributed by atoms with Gasteiger partial charge in [-0.15, -0.1) is 11.3 Å². The standard InChI is InChI=1S/C16H29N5S/c1-13-14(2)22-15(20-13)7-8-18-16(17-3)19-9-12-21-10-5-4-6-11-21/h4-12H2,1-3H3,(H2,17,18,19). The second kappa shape index (κ2) is 9.10. The number of rotatable bonds is 6. The fraction of sp³-hybridized carbons (Fsp3) is 0.750. The number of nitrogens with zero attached hydrogens (tertiary/aromatic N) is 3. The molecule has 0 bridgehead atoms. The molecular weight excluding hydrogens is 294 g/mol. The summed E-state index contributed by atoms with van der Waals surface area (Å²) in [6.07, 6.45) is 5.04. The van der Waals surface area contributed by atoms with Gasteiger partial charge in [0, 0.05) is 38.0 Å². The SMILES string of the molecule is CN=C(NCCc1nc(C)c(C)s1)NCCN1CCCCC1. The molecule has 0 amide bonds. The first kappa shape index (κ1) is 17.2. The Kier molecular flexibility index (Phi) is 7.12. The highest BCUT2D eigenvalue weighted by atomic mass is 32.1. The van der Waals surface area contributed by atoms with E-state index in [0.717, 1.165) is 37.7 Å². The fourth-order valence-corrected chi connectivity index (χ4v) is 3.60. The molecule has 1 saturated heterocycles. The molecule has 124 valence electrons. The molecule has 2 rings (SSSR count). The molecule has 0 unspecified atom stereocenters. The van der Waals surface area contributed by atoms with Gasteiger partial charge >= 0.3 is 0 Å². The molecule has 1 aliphatic heterocycles. The van der Waals surface area contributed by atoms with Crippen LogP contribution in [0.2, 0.25) is 0 Å². The van der Waals surface area contributed by atoms with E-state index in [-0.39, 0.29) is 0 Å². The number of guanidine groups is 1. The number of piperidine rings is 1. The predicted molar refractivity (Wildman–Crippen MR) is 94.9 cm³/mol. The average molecular weight is 324 g/mol. The van der Waals surface area contributed by atoms with Crippen molar-refractivity contribution in [2.24, 2.45) is 4.99 Å². The van der Waals surface area contributed by atoms with Crippen molar-refractivity contribution in [2.75, 3.05) is 39.8 Å². The second-order valence-electron chi connectivity index (χ2n) is 5.83. The van der Waals surface area contributed by atoms with Gasteiger partial charge in [0.1, 0.15) is 0 Å². The molecule has 0 atom stereocenters. The summed E-state index contributed by atoms with van der Waals surface area (Å²) in [6, 6.07) is 0. The van der Waals surface area contributed by atoms with E-state index in [2.05, 4.69) is 39.4 Å². The van der Waals surface area contributed by atoms with Gasteiger partial charge in [0.05, 0.1) is 10.7 Å². The lowest BCUT2D eigenvalue weighted by Crippen LogP contribution is -2.43. The van der Waals surface area contributed by atoms with Crippen molar-refractivity contribution >= 4 is 17.3 Å². The number of nitrogens with one attached hydrogen (secondary N) is 2. The van der Waals surface area contributed by atoms with Crippen molar-refractivity contribution in [1.29, 1.82) is 0 Å². The molecule has 0 aliphatic carbocycles. The van der Waals surface area contributed by atoms with Gasteiger partial charge < -0.3 is 15.5 Å². The Morgan fingerprint density at radius 1 is 1.18 bits per heavy atom. The first-order valence-corrected chi connectivity index (χ1v) is 9.10. The van der Waals surface area contributed by atoms with Crippen LogP contribution in [0.4, 0.5) is 0 Å². The quantitative estimate of drug-likeness (QED) is 0.621. The topological polar surface area (TPSA) is 52.6 Å². The zero-order valence-electron chi connectivity index (χ0n) is 14.1. The lowest BCUT2D eigenvalue weighted by atomic mass is 10.1. The van der Waals surface area contributed by atoms with Crippen LogP contribution in [-0.2, 0) is 6.42 Å². The number of thiazole rings is 1. The molecule has 0 radical (unpaired) electrons. The zero-order chi connectivity index (χ0) is 15.8. The molecule has 2 N–H and O–H groups in total. The third-order valence-corrected chi connectivity index (χ3v) is 5.23. The van der Waals surface area contributed by atoms with Gasteiger partial charge in [-0.25, -0.2) is 4.98 Å². The Morgan fingerprint density at radius 2 is 1.91 bits per heavy atom. The summed E-state index contributed by atoms with van der Waals surface area (Å²) in [5.41, 5.74) is 1.16. The number of hydrogen-bond acceptors (Lipinski definition) is 4. The second-order valence-corrected chi connectivity index (χ2v) is 7.12. The monoisotopic (exact) mass is 323 g/mol. The average Bonchev–Trinajstić information content (AvgIpc) is 2.85. The summed E-state index contributed by atoms with van der Waals surface area (Å²) in [5.74, 6) is 0.891. The van der Waals surface area contributed by atoms with Crippen molar-refractivity contribution in [3.8, 4) is 0 Å². The third-order valence-electron chi connectivity index (χ3n) is 4.10. The van der Waals surface area contributed by atoms with Crippen LogP contribution in [0.3, 0.4) is 0 Å². The first-order chi connectivity index (χ1) is 10.7. The highest BCUT2D eigenvalue weighted by Gasteiger charge is 2.09. The van der Waals surface area contributed by atoms with Gasteiger partial charge in [-0.1, -0.05) is 6.42 Å². The van der Waals surface area contributed by atoms with Gasteiger partial charge in [-0.05, 0) is 39.8 Å². The number of aryl methyl sites for hydroxylation is 2. The van der Waals surface area contributed by atoms with Crippen molar-refractivity contribution in [1.82, 2.24) is 20.5 Å². The number of aliphatic imine (C=N–C) groups is 1. The molecule has 1 aromatic heterocycles. The summed E-state index contributed by atoms with van der Waals surface area (Å²) in [4.78, 5) is 12.7. The van der Waals surface area contributed by atoms with E-state index in [1.807, 2.05) is 7.05 Å². The fourth-order valence-electron chi connectivity index (χ4n) is 2.67. The van der Waals surface area contributed by atoms with Crippen molar-refractivity contribution < 1.29 is 0 Å². The summed E-state index contributed by atoms with van der Waals surface area (Å²) in [7, 11) is 1.83. The lowest BCUT2D eigenvalue weighted by molar-refractivity contribution is 0.232. The Bertz CT molecular complexity index is 457. The minimum absolute atomic E-state index is 0.871. The van der Waals surface area contributed by atoms with Crippen molar-refractivity contribution in [3.63, 3.8) is 0 Å². The highest BCUT2D eigenvalue weighted by Crippen LogP contribution is 2.16. The lowest BCUT2D eigenvalue weighted by Gasteiger charge is -2.26. The van der Waals surface area contributed by atoms with Gasteiger partial charge in [-0.3, -0.25) is 4.99 Å². The van der Waals surface area contributed by atoms with Crippen LogP contribution in [0.5, 0.6) is 0 Å². The number of hydrogen-bond donors (Lipinski definition) is 2. The zero-order valence-corrected chi connectivity index (χ0v) is 14.9. The van der Waals surface area contributed by atoms with E-state index < -0.39 is 0 Å². The molecular formula is C16H29N5S. The number of likely N-dealkylation sites (tertiary alicyclic amines) is 1. The Balaban J connectivity index is 1.62. The molecule has 1 aromatic rings. The van der Waals surface area contributed by atoms with Crippen LogP contribution in [0.25, 0.3) is 0 Å². The largest absolute Gasteiger partial charge is 0.356 e. The number of aromatic nitrogens is 1. The summed E-state index contributed by atoms with van der Waals surface area (Å²) >= 11 is 1.79. The summed E-state index contributed by atoms with van der Waals surface area (Å²) < 4.78 is 0. The summed E-state index contributed by atoms with van der Waals surface area (Å²) in [5, 5.41) is 7.97. The third kappa shape index (κ3) is 5.57.